The molecule has 0 bridgehead atoms. The molecule has 0 aromatic carbocycles. The Balaban J connectivity index is 1.91. The van der Waals surface area contributed by atoms with Crippen molar-refractivity contribution in [3.05, 3.63) is 34.7 Å². The molecule has 2 rings (SSSR count). The van der Waals surface area contributed by atoms with Crippen molar-refractivity contribution in [2.45, 2.75) is 32.4 Å². The smallest absolute Gasteiger partial charge is 0.250 e. The summed E-state index contributed by atoms with van der Waals surface area (Å²) in [5.74, 6) is 0. The molecule has 1 aliphatic heterocycles. The molecule has 0 aliphatic carbocycles. The van der Waals surface area contributed by atoms with Crippen LogP contribution in [0.5, 0.6) is 0 Å². The van der Waals surface area contributed by atoms with Crippen molar-refractivity contribution in [2.24, 2.45) is 0 Å². The quantitative estimate of drug-likeness (QED) is 0.862. The third-order valence-corrected chi connectivity index (χ3v) is 3.89. The van der Waals surface area contributed by atoms with E-state index in [1.165, 1.54) is 0 Å². The predicted molar refractivity (Wildman–Crippen MR) is 73.8 cm³/mol. The van der Waals surface area contributed by atoms with Gasteiger partial charge in [-0.15, -0.1) is 0 Å². The van der Waals surface area contributed by atoms with Gasteiger partial charge in [-0.2, -0.15) is 0 Å². The van der Waals surface area contributed by atoms with Crippen LogP contribution < -0.4 is 10.9 Å². The van der Waals surface area contributed by atoms with E-state index in [2.05, 4.69) is 24.1 Å². The Morgan fingerprint density at radius 3 is 2.94 bits per heavy atom. The number of pyridine rings is 1. The largest absolute Gasteiger partial charge is 0.314 e. The third kappa shape index (κ3) is 3.21. The van der Waals surface area contributed by atoms with E-state index in [-0.39, 0.29) is 11.1 Å². The van der Waals surface area contributed by atoms with Gasteiger partial charge in [-0.3, -0.25) is 9.69 Å². The monoisotopic (exact) mass is 249 g/mol. The molecule has 1 saturated heterocycles. The summed E-state index contributed by atoms with van der Waals surface area (Å²) in [5.41, 5.74) is 0.311. The standard InChI is InChI=1S/C14H23N3O/c1-3-14(2)12-16(9-7-15-14)10-11-17-8-5-4-6-13(17)18/h4-6,8,15H,3,7,9-12H2,1-2H3. The molecule has 1 aromatic rings. The van der Waals surface area contributed by atoms with Gasteiger partial charge in [0.05, 0.1) is 0 Å². The summed E-state index contributed by atoms with van der Waals surface area (Å²) in [5, 5.41) is 3.57. The van der Waals surface area contributed by atoms with E-state index in [1.807, 2.05) is 12.3 Å². The fraction of sp³-hybridized carbons (Fsp3) is 0.643. The molecule has 4 heteroatoms. The van der Waals surface area contributed by atoms with Crippen molar-refractivity contribution >= 4 is 0 Å². The summed E-state index contributed by atoms with van der Waals surface area (Å²) in [6, 6.07) is 5.32. The average Bonchev–Trinajstić information content (AvgIpc) is 2.38. The molecule has 1 unspecified atom stereocenters. The van der Waals surface area contributed by atoms with Crippen LogP contribution in [-0.2, 0) is 6.54 Å². The van der Waals surface area contributed by atoms with E-state index in [0.29, 0.717) is 0 Å². The van der Waals surface area contributed by atoms with Crippen LogP contribution in [0.2, 0.25) is 0 Å². The van der Waals surface area contributed by atoms with Gasteiger partial charge in [-0.1, -0.05) is 13.0 Å². The van der Waals surface area contributed by atoms with Gasteiger partial charge >= 0.3 is 0 Å². The van der Waals surface area contributed by atoms with Crippen LogP contribution in [0.4, 0.5) is 0 Å². The lowest BCUT2D eigenvalue weighted by molar-refractivity contribution is 0.135. The number of piperazine rings is 1. The lowest BCUT2D eigenvalue weighted by atomic mass is 9.96. The first kappa shape index (κ1) is 13.3. The van der Waals surface area contributed by atoms with E-state index >= 15 is 0 Å². The number of hydrogen-bond donors (Lipinski definition) is 1. The van der Waals surface area contributed by atoms with E-state index in [0.717, 1.165) is 39.1 Å². The SMILES string of the molecule is CCC1(C)CN(CCn2ccccc2=O)CCN1. The van der Waals surface area contributed by atoms with Gasteiger partial charge in [0.15, 0.2) is 0 Å². The van der Waals surface area contributed by atoms with Crippen LogP contribution in [0.1, 0.15) is 20.3 Å². The summed E-state index contributed by atoms with van der Waals surface area (Å²) >= 11 is 0. The Hall–Kier alpha value is -1.13. The predicted octanol–water partition coefficient (Wildman–Crippen LogP) is 0.922. The summed E-state index contributed by atoms with van der Waals surface area (Å²) < 4.78 is 1.78. The van der Waals surface area contributed by atoms with Gasteiger partial charge in [0.1, 0.15) is 0 Å². The topological polar surface area (TPSA) is 37.3 Å². The van der Waals surface area contributed by atoms with Crippen molar-refractivity contribution in [2.75, 3.05) is 26.2 Å². The van der Waals surface area contributed by atoms with Gasteiger partial charge < -0.3 is 9.88 Å². The molecule has 1 aliphatic rings. The first-order valence-electron chi connectivity index (χ1n) is 6.76. The number of nitrogens with zero attached hydrogens (tertiary/aromatic N) is 2. The molecule has 18 heavy (non-hydrogen) atoms. The molecular weight excluding hydrogens is 226 g/mol. The zero-order valence-corrected chi connectivity index (χ0v) is 11.4. The Morgan fingerprint density at radius 1 is 1.39 bits per heavy atom. The molecular formula is C14H23N3O. The Bertz CT molecular complexity index is 443. The van der Waals surface area contributed by atoms with Crippen molar-refractivity contribution < 1.29 is 0 Å². The van der Waals surface area contributed by atoms with Crippen LogP contribution in [0, 0.1) is 0 Å². The van der Waals surface area contributed by atoms with Crippen LogP contribution in [0.3, 0.4) is 0 Å². The Morgan fingerprint density at radius 2 is 2.22 bits per heavy atom. The molecule has 100 valence electrons. The average molecular weight is 249 g/mol. The summed E-state index contributed by atoms with van der Waals surface area (Å²) in [7, 11) is 0. The molecule has 0 radical (unpaired) electrons. The fourth-order valence-electron chi connectivity index (χ4n) is 2.47. The Labute approximate surface area is 109 Å². The summed E-state index contributed by atoms with van der Waals surface area (Å²) in [6.45, 7) is 9.38. The van der Waals surface area contributed by atoms with E-state index in [4.69, 9.17) is 0 Å². The van der Waals surface area contributed by atoms with Crippen molar-refractivity contribution in [3.63, 3.8) is 0 Å². The minimum Gasteiger partial charge on any atom is -0.314 e. The highest BCUT2D eigenvalue weighted by atomic mass is 16.1. The van der Waals surface area contributed by atoms with Crippen LogP contribution in [0.15, 0.2) is 29.2 Å². The zero-order valence-electron chi connectivity index (χ0n) is 11.4. The van der Waals surface area contributed by atoms with Crippen molar-refractivity contribution in [1.82, 2.24) is 14.8 Å². The van der Waals surface area contributed by atoms with Gasteiger partial charge in [0, 0.05) is 50.5 Å². The number of rotatable bonds is 4. The normalized spacial score (nSPS) is 25.2. The molecule has 0 saturated carbocycles. The minimum atomic E-state index is 0.0888. The highest BCUT2D eigenvalue weighted by Crippen LogP contribution is 2.14. The molecule has 1 aromatic heterocycles. The number of nitrogens with one attached hydrogen (secondary N) is 1. The second-order valence-corrected chi connectivity index (χ2v) is 5.35. The number of aromatic nitrogens is 1. The van der Waals surface area contributed by atoms with E-state index in [9.17, 15) is 4.79 Å². The van der Waals surface area contributed by atoms with Crippen LogP contribution in [0.25, 0.3) is 0 Å². The van der Waals surface area contributed by atoms with Gasteiger partial charge in [-0.25, -0.2) is 0 Å². The summed E-state index contributed by atoms with van der Waals surface area (Å²) in [6.07, 6.45) is 3.00. The highest BCUT2D eigenvalue weighted by Gasteiger charge is 2.28. The fourth-order valence-corrected chi connectivity index (χ4v) is 2.47. The van der Waals surface area contributed by atoms with Crippen molar-refractivity contribution in [1.29, 1.82) is 0 Å². The maximum atomic E-state index is 11.6. The maximum absolute atomic E-state index is 11.6. The molecule has 2 heterocycles. The molecule has 1 atom stereocenters. The second kappa shape index (κ2) is 5.67. The third-order valence-electron chi connectivity index (χ3n) is 3.89. The molecule has 1 fully saturated rings. The lowest BCUT2D eigenvalue weighted by Crippen LogP contribution is -2.58. The van der Waals surface area contributed by atoms with Crippen LogP contribution in [-0.4, -0.2) is 41.2 Å². The number of hydrogen-bond acceptors (Lipinski definition) is 3. The highest BCUT2D eigenvalue weighted by molar-refractivity contribution is 4.94. The van der Waals surface area contributed by atoms with E-state index in [1.54, 1.807) is 16.7 Å². The minimum absolute atomic E-state index is 0.0888. The summed E-state index contributed by atoms with van der Waals surface area (Å²) in [4.78, 5) is 14.1. The molecule has 0 amide bonds. The van der Waals surface area contributed by atoms with Crippen LogP contribution >= 0.6 is 0 Å². The molecule has 1 N–H and O–H groups in total. The second-order valence-electron chi connectivity index (χ2n) is 5.35. The van der Waals surface area contributed by atoms with E-state index < -0.39 is 0 Å². The van der Waals surface area contributed by atoms with Crippen molar-refractivity contribution in [3.8, 4) is 0 Å². The Kier molecular flexibility index (Phi) is 4.19. The van der Waals surface area contributed by atoms with Gasteiger partial charge in [0.2, 0.25) is 0 Å². The lowest BCUT2D eigenvalue weighted by Gasteiger charge is -2.41. The molecule has 0 spiro atoms. The molecule has 4 nitrogen and oxygen atoms in total. The maximum Gasteiger partial charge on any atom is 0.250 e. The first-order chi connectivity index (χ1) is 8.63. The first-order valence-corrected chi connectivity index (χ1v) is 6.76. The van der Waals surface area contributed by atoms with Gasteiger partial charge in [0.25, 0.3) is 5.56 Å². The van der Waals surface area contributed by atoms with Gasteiger partial charge in [-0.05, 0) is 19.4 Å². The zero-order chi connectivity index (χ0) is 13.0.